The zero-order chi connectivity index (χ0) is 18.0. The Bertz CT molecular complexity index is 723. The molecule has 1 saturated heterocycles. The fraction of sp³-hybridized carbons (Fsp3) is 0.750. The number of sulfonamides is 1. The van der Waals surface area contributed by atoms with Crippen LogP contribution in [0.1, 0.15) is 24.1 Å². The summed E-state index contributed by atoms with van der Waals surface area (Å²) in [6.45, 7) is 1.75. The van der Waals surface area contributed by atoms with Crippen LogP contribution >= 0.6 is 0 Å². The van der Waals surface area contributed by atoms with Crippen molar-refractivity contribution in [2.75, 3.05) is 56.8 Å². The fourth-order valence-corrected chi connectivity index (χ4v) is 4.10. The number of ether oxygens (including phenoxy) is 1. The van der Waals surface area contributed by atoms with E-state index in [1.807, 2.05) is 19.0 Å². The largest absolute Gasteiger partial charge is 0.374 e. The highest BCUT2D eigenvalue weighted by atomic mass is 32.2. The first-order valence-corrected chi connectivity index (χ1v) is 10.6. The van der Waals surface area contributed by atoms with Crippen LogP contribution in [0.2, 0.25) is 0 Å². The van der Waals surface area contributed by atoms with Gasteiger partial charge in [0.2, 0.25) is 16.0 Å². The van der Waals surface area contributed by atoms with Gasteiger partial charge >= 0.3 is 0 Å². The normalized spacial score (nSPS) is 21.6. The molecule has 1 aliphatic heterocycles. The Morgan fingerprint density at radius 1 is 1.28 bits per heavy atom. The smallest absolute Gasteiger partial charge is 0.227 e. The number of aromatic nitrogens is 2. The Morgan fingerprint density at radius 3 is 2.76 bits per heavy atom. The molecule has 0 aromatic carbocycles. The zero-order valence-corrected chi connectivity index (χ0v) is 16.0. The van der Waals surface area contributed by atoms with Gasteiger partial charge in [-0.15, -0.1) is 0 Å². The van der Waals surface area contributed by atoms with Crippen molar-refractivity contribution in [3.05, 3.63) is 11.3 Å². The van der Waals surface area contributed by atoms with Crippen LogP contribution in [-0.2, 0) is 27.6 Å². The molecule has 0 radical (unpaired) electrons. The van der Waals surface area contributed by atoms with E-state index in [4.69, 9.17) is 4.74 Å². The van der Waals surface area contributed by atoms with Crippen LogP contribution in [0.25, 0.3) is 0 Å². The Kier molecular flexibility index (Phi) is 5.45. The molecule has 8 nitrogen and oxygen atoms in total. The van der Waals surface area contributed by atoms with Gasteiger partial charge in [-0.2, -0.15) is 9.29 Å². The summed E-state index contributed by atoms with van der Waals surface area (Å²) in [7, 11) is 0.685. The van der Waals surface area contributed by atoms with E-state index in [9.17, 15) is 8.42 Å². The average Bonchev–Trinajstić information content (AvgIpc) is 2.59. The number of anilines is 2. The topological polar surface area (TPSA) is 87.7 Å². The Balaban J connectivity index is 1.73. The standard InChI is InChI=1S/C16H27N5O3S/c1-20(2)16-18-14-7-5-4-6-13(14)15(19-16)17-10-12-11-21(8-9-24-12)25(3,22)23/h12H,4-11H2,1-3H3,(H,17,18,19). The van der Waals surface area contributed by atoms with Crippen LogP contribution in [-0.4, -0.2) is 75.4 Å². The van der Waals surface area contributed by atoms with Gasteiger partial charge in [0, 0.05) is 39.3 Å². The molecule has 0 spiro atoms. The molecule has 1 aliphatic carbocycles. The summed E-state index contributed by atoms with van der Waals surface area (Å²) in [6, 6.07) is 0. The van der Waals surface area contributed by atoms with E-state index >= 15 is 0 Å². The predicted molar refractivity (Wildman–Crippen MR) is 97.6 cm³/mol. The van der Waals surface area contributed by atoms with Crippen LogP contribution in [0.4, 0.5) is 11.8 Å². The number of fused-ring (bicyclic) bond motifs is 1. The van der Waals surface area contributed by atoms with Crippen LogP contribution in [0.5, 0.6) is 0 Å². The lowest BCUT2D eigenvalue weighted by Gasteiger charge is -2.31. The van der Waals surface area contributed by atoms with E-state index in [0.717, 1.165) is 37.2 Å². The second kappa shape index (κ2) is 7.43. The molecule has 0 saturated carbocycles. The Labute approximate surface area is 149 Å². The first kappa shape index (κ1) is 18.3. The van der Waals surface area contributed by atoms with Crippen molar-refractivity contribution in [3.63, 3.8) is 0 Å². The first-order valence-electron chi connectivity index (χ1n) is 8.72. The number of nitrogens with zero attached hydrogens (tertiary/aromatic N) is 4. The number of hydrogen-bond donors (Lipinski definition) is 1. The minimum Gasteiger partial charge on any atom is -0.374 e. The number of rotatable bonds is 5. The van der Waals surface area contributed by atoms with Gasteiger partial charge in [-0.1, -0.05) is 0 Å². The molecule has 1 N–H and O–H groups in total. The summed E-state index contributed by atoms with van der Waals surface area (Å²) in [6.07, 6.45) is 5.33. The fourth-order valence-electron chi connectivity index (χ4n) is 3.25. The van der Waals surface area contributed by atoms with E-state index in [1.54, 1.807) is 0 Å². The maximum atomic E-state index is 11.7. The minimum absolute atomic E-state index is 0.180. The molecule has 1 aromatic rings. The van der Waals surface area contributed by atoms with Crippen LogP contribution in [0, 0.1) is 0 Å². The van der Waals surface area contributed by atoms with Gasteiger partial charge in [0.1, 0.15) is 5.82 Å². The van der Waals surface area contributed by atoms with Crippen LogP contribution in [0.15, 0.2) is 0 Å². The molecule has 1 aromatic heterocycles. The molecule has 25 heavy (non-hydrogen) atoms. The number of morpholine rings is 1. The van der Waals surface area contributed by atoms with Crippen molar-refractivity contribution in [2.24, 2.45) is 0 Å². The molecular weight excluding hydrogens is 342 g/mol. The summed E-state index contributed by atoms with van der Waals surface area (Å²) in [5, 5.41) is 3.39. The molecule has 3 rings (SSSR count). The second-order valence-electron chi connectivity index (χ2n) is 6.89. The Morgan fingerprint density at radius 2 is 2.04 bits per heavy atom. The summed E-state index contributed by atoms with van der Waals surface area (Å²) < 4.78 is 30.7. The monoisotopic (exact) mass is 369 g/mol. The zero-order valence-electron chi connectivity index (χ0n) is 15.2. The number of hydrogen-bond acceptors (Lipinski definition) is 7. The first-order chi connectivity index (χ1) is 11.8. The lowest BCUT2D eigenvalue weighted by atomic mass is 9.96. The third kappa shape index (κ3) is 4.39. The van der Waals surface area contributed by atoms with Crippen LogP contribution in [0.3, 0.4) is 0 Å². The van der Waals surface area contributed by atoms with Crippen molar-refractivity contribution < 1.29 is 13.2 Å². The Hall–Kier alpha value is -1.45. The van der Waals surface area contributed by atoms with Crippen molar-refractivity contribution in [1.29, 1.82) is 0 Å². The van der Waals surface area contributed by atoms with Gasteiger partial charge in [0.15, 0.2) is 0 Å². The van der Waals surface area contributed by atoms with E-state index in [-0.39, 0.29) is 6.10 Å². The number of nitrogens with one attached hydrogen (secondary N) is 1. The van der Waals surface area contributed by atoms with E-state index in [0.29, 0.717) is 32.2 Å². The van der Waals surface area contributed by atoms with Gasteiger partial charge in [0.25, 0.3) is 0 Å². The van der Waals surface area contributed by atoms with Gasteiger partial charge in [-0.05, 0) is 25.7 Å². The summed E-state index contributed by atoms with van der Waals surface area (Å²) in [5.74, 6) is 1.55. The molecule has 2 aliphatic rings. The quantitative estimate of drug-likeness (QED) is 0.808. The molecule has 1 atom stereocenters. The summed E-state index contributed by atoms with van der Waals surface area (Å²) in [5.41, 5.74) is 2.31. The van der Waals surface area contributed by atoms with Gasteiger partial charge in [0.05, 0.1) is 24.7 Å². The van der Waals surface area contributed by atoms with E-state index in [1.165, 1.54) is 16.1 Å². The summed E-state index contributed by atoms with van der Waals surface area (Å²) in [4.78, 5) is 11.2. The van der Waals surface area contributed by atoms with Crippen molar-refractivity contribution in [1.82, 2.24) is 14.3 Å². The SMILES string of the molecule is CN(C)c1nc2c(c(NCC3CN(S(C)(=O)=O)CCO3)n1)CCCC2. The number of aryl methyl sites for hydroxylation is 1. The molecule has 0 amide bonds. The van der Waals surface area contributed by atoms with Crippen molar-refractivity contribution >= 4 is 21.8 Å². The highest BCUT2D eigenvalue weighted by Gasteiger charge is 2.27. The molecule has 1 fully saturated rings. The highest BCUT2D eigenvalue weighted by Crippen LogP contribution is 2.27. The van der Waals surface area contributed by atoms with Gasteiger partial charge < -0.3 is 15.0 Å². The maximum Gasteiger partial charge on any atom is 0.227 e. The molecule has 2 heterocycles. The second-order valence-corrected chi connectivity index (χ2v) is 8.88. The molecule has 140 valence electrons. The van der Waals surface area contributed by atoms with E-state index in [2.05, 4.69) is 15.3 Å². The van der Waals surface area contributed by atoms with Crippen molar-refractivity contribution in [2.45, 2.75) is 31.8 Å². The molecular formula is C16H27N5O3S. The third-order valence-electron chi connectivity index (χ3n) is 4.64. The van der Waals surface area contributed by atoms with E-state index < -0.39 is 10.0 Å². The maximum absolute atomic E-state index is 11.7. The molecule has 9 heteroatoms. The molecule has 1 unspecified atom stereocenters. The van der Waals surface area contributed by atoms with Gasteiger partial charge in [-0.25, -0.2) is 13.4 Å². The molecule has 0 bridgehead atoms. The predicted octanol–water partition coefficient (Wildman–Crippen LogP) is 0.494. The third-order valence-corrected chi connectivity index (χ3v) is 5.91. The lowest BCUT2D eigenvalue weighted by molar-refractivity contribution is 0.00699. The van der Waals surface area contributed by atoms with Gasteiger partial charge in [-0.3, -0.25) is 0 Å². The highest BCUT2D eigenvalue weighted by molar-refractivity contribution is 7.88. The average molecular weight is 369 g/mol. The lowest BCUT2D eigenvalue weighted by Crippen LogP contribution is -2.47. The van der Waals surface area contributed by atoms with Crippen LogP contribution < -0.4 is 10.2 Å². The van der Waals surface area contributed by atoms with Crippen molar-refractivity contribution in [3.8, 4) is 0 Å². The minimum atomic E-state index is -3.18. The summed E-state index contributed by atoms with van der Waals surface area (Å²) >= 11 is 0.